The van der Waals surface area contributed by atoms with Gasteiger partial charge in [0.1, 0.15) is 6.04 Å². The van der Waals surface area contributed by atoms with Crippen molar-refractivity contribution in [3.8, 4) is 0 Å². The van der Waals surface area contributed by atoms with Crippen molar-refractivity contribution in [2.75, 3.05) is 0 Å². The number of aromatic nitrogens is 2. The minimum Gasteiger partial charge on any atom is -0.344 e. The fraction of sp³-hybridized carbons (Fsp3) is 0.500. The summed E-state index contributed by atoms with van der Waals surface area (Å²) >= 11 is 6.07. The van der Waals surface area contributed by atoms with Crippen molar-refractivity contribution in [3.05, 3.63) is 46.6 Å². The van der Waals surface area contributed by atoms with Gasteiger partial charge in [0.25, 0.3) is 0 Å². The Hall–Kier alpha value is -1.88. The van der Waals surface area contributed by atoms with Crippen molar-refractivity contribution in [3.63, 3.8) is 0 Å². The Morgan fingerprint density at radius 3 is 2.62 bits per heavy atom. The highest BCUT2D eigenvalue weighted by atomic mass is 35.5. The molecular formula is C18H22ClN3O2. The van der Waals surface area contributed by atoms with Crippen LogP contribution in [0.3, 0.4) is 0 Å². The molecule has 1 amide bonds. The molecule has 1 N–H and O–H groups in total. The van der Waals surface area contributed by atoms with E-state index in [1.807, 2.05) is 52.0 Å². The molecule has 1 atom stereocenters. The van der Waals surface area contributed by atoms with E-state index >= 15 is 0 Å². The van der Waals surface area contributed by atoms with Crippen molar-refractivity contribution < 1.29 is 9.32 Å². The molecule has 0 radical (unpaired) electrons. The average molecular weight is 348 g/mol. The zero-order valence-corrected chi connectivity index (χ0v) is 15.1. The summed E-state index contributed by atoms with van der Waals surface area (Å²) in [5.74, 6) is 1.04. The fourth-order valence-corrected chi connectivity index (χ4v) is 2.86. The molecule has 1 saturated carbocycles. The summed E-state index contributed by atoms with van der Waals surface area (Å²) in [5.41, 5.74) is 0.288. The molecule has 3 rings (SSSR count). The second-order valence-corrected chi connectivity index (χ2v) is 7.93. The predicted molar refractivity (Wildman–Crippen MR) is 91.9 cm³/mol. The Morgan fingerprint density at radius 2 is 2.08 bits per heavy atom. The molecule has 128 valence electrons. The molecule has 0 saturated heterocycles. The molecule has 1 aromatic carbocycles. The van der Waals surface area contributed by atoms with Crippen LogP contribution in [0.15, 0.2) is 28.8 Å². The van der Waals surface area contributed by atoms with Gasteiger partial charge in [-0.05, 0) is 37.5 Å². The van der Waals surface area contributed by atoms with Crippen LogP contribution in [0, 0.1) is 0 Å². The van der Waals surface area contributed by atoms with Crippen molar-refractivity contribution in [1.82, 2.24) is 15.5 Å². The molecule has 1 aliphatic carbocycles. The van der Waals surface area contributed by atoms with Crippen LogP contribution in [0.5, 0.6) is 0 Å². The van der Waals surface area contributed by atoms with Gasteiger partial charge >= 0.3 is 0 Å². The van der Waals surface area contributed by atoms with E-state index in [0.717, 1.165) is 18.4 Å². The third-order valence-corrected chi connectivity index (χ3v) is 4.63. The van der Waals surface area contributed by atoms with Crippen LogP contribution in [0.1, 0.15) is 63.9 Å². The summed E-state index contributed by atoms with van der Waals surface area (Å²) in [5, 5.41) is 7.66. The van der Waals surface area contributed by atoms with E-state index < -0.39 is 5.41 Å². The van der Waals surface area contributed by atoms with Crippen molar-refractivity contribution in [2.24, 2.45) is 0 Å². The van der Waals surface area contributed by atoms with Gasteiger partial charge in [-0.2, -0.15) is 4.98 Å². The maximum atomic E-state index is 12.8. The first-order chi connectivity index (χ1) is 11.2. The predicted octanol–water partition coefficient (Wildman–Crippen LogP) is 3.93. The highest BCUT2D eigenvalue weighted by molar-refractivity contribution is 6.30. The minimum absolute atomic E-state index is 0.0206. The van der Waals surface area contributed by atoms with E-state index in [4.69, 9.17) is 16.1 Å². The van der Waals surface area contributed by atoms with Gasteiger partial charge in [0.05, 0.1) is 5.41 Å². The molecule has 1 aliphatic rings. The molecule has 24 heavy (non-hydrogen) atoms. The number of hydrogen-bond acceptors (Lipinski definition) is 4. The Kier molecular flexibility index (Phi) is 4.16. The number of rotatable bonds is 4. The van der Waals surface area contributed by atoms with E-state index in [0.29, 0.717) is 16.7 Å². The van der Waals surface area contributed by atoms with E-state index in [1.54, 1.807) is 0 Å². The van der Waals surface area contributed by atoms with Gasteiger partial charge in [-0.15, -0.1) is 0 Å². The number of benzene rings is 1. The zero-order valence-electron chi connectivity index (χ0n) is 14.4. The van der Waals surface area contributed by atoms with Gasteiger partial charge in [-0.25, -0.2) is 0 Å². The lowest BCUT2D eigenvalue weighted by Gasteiger charge is -2.18. The topological polar surface area (TPSA) is 68.0 Å². The van der Waals surface area contributed by atoms with E-state index in [-0.39, 0.29) is 17.4 Å². The number of hydrogen-bond donors (Lipinski definition) is 1. The summed E-state index contributed by atoms with van der Waals surface area (Å²) in [6.45, 7) is 7.90. The number of amides is 1. The Balaban J connectivity index is 1.74. The largest absolute Gasteiger partial charge is 0.344 e. The molecule has 0 spiro atoms. The molecule has 0 unspecified atom stereocenters. The summed E-state index contributed by atoms with van der Waals surface area (Å²) in [4.78, 5) is 17.2. The second-order valence-electron chi connectivity index (χ2n) is 7.49. The van der Waals surface area contributed by atoms with Gasteiger partial charge in [0.15, 0.2) is 5.82 Å². The lowest BCUT2D eigenvalue weighted by atomic mass is 9.94. The molecule has 1 fully saturated rings. The Morgan fingerprint density at radius 1 is 1.38 bits per heavy atom. The number of nitrogens with one attached hydrogen (secondary N) is 1. The number of halogens is 1. The summed E-state index contributed by atoms with van der Waals surface area (Å²) in [6.07, 6.45) is 1.64. The van der Waals surface area contributed by atoms with Crippen molar-refractivity contribution in [2.45, 2.75) is 57.4 Å². The first-order valence-corrected chi connectivity index (χ1v) is 8.51. The van der Waals surface area contributed by atoms with Gasteiger partial charge < -0.3 is 9.84 Å². The van der Waals surface area contributed by atoms with E-state index in [9.17, 15) is 4.79 Å². The smallest absolute Gasteiger partial charge is 0.248 e. The molecule has 0 bridgehead atoms. The first kappa shape index (κ1) is 17.0. The summed E-state index contributed by atoms with van der Waals surface area (Å²) in [6, 6.07) is 7.17. The molecular weight excluding hydrogens is 326 g/mol. The maximum Gasteiger partial charge on any atom is 0.248 e. The second kappa shape index (κ2) is 5.88. The SMILES string of the molecule is C[C@@H](NC(=O)C1(c2cccc(Cl)c2)CC1)c1nc(C(C)(C)C)no1. The first-order valence-electron chi connectivity index (χ1n) is 8.13. The quantitative estimate of drug-likeness (QED) is 0.909. The van der Waals surface area contributed by atoms with Crippen LogP contribution in [0.25, 0.3) is 0 Å². The van der Waals surface area contributed by atoms with Crippen LogP contribution in [0.2, 0.25) is 5.02 Å². The number of carbonyl (C=O) groups is 1. The average Bonchev–Trinajstić information content (AvgIpc) is 3.15. The van der Waals surface area contributed by atoms with Gasteiger partial charge in [0.2, 0.25) is 11.8 Å². The summed E-state index contributed by atoms with van der Waals surface area (Å²) in [7, 11) is 0. The van der Waals surface area contributed by atoms with Crippen LogP contribution >= 0.6 is 11.6 Å². The molecule has 6 heteroatoms. The van der Waals surface area contributed by atoms with E-state index in [2.05, 4.69) is 15.5 Å². The van der Waals surface area contributed by atoms with E-state index in [1.165, 1.54) is 0 Å². The Labute approximate surface area is 146 Å². The van der Waals surface area contributed by atoms with Crippen molar-refractivity contribution in [1.29, 1.82) is 0 Å². The standard InChI is InChI=1S/C18H22ClN3O2/c1-11(14-21-15(22-24-14)17(2,3)4)20-16(23)18(8-9-18)12-6-5-7-13(19)10-12/h5-7,10-11H,8-9H2,1-4H3,(H,20,23)/t11-/m1/s1. The van der Waals surface area contributed by atoms with Crippen LogP contribution < -0.4 is 5.32 Å². The van der Waals surface area contributed by atoms with Crippen molar-refractivity contribution >= 4 is 17.5 Å². The molecule has 2 aromatic rings. The molecule has 5 nitrogen and oxygen atoms in total. The number of nitrogens with zero attached hydrogens (tertiary/aromatic N) is 2. The number of carbonyl (C=O) groups excluding carboxylic acids is 1. The minimum atomic E-state index is -0.480. The summed E-state index contributed by atoms with van der Waals surface area (Å²) < 4.78 is 5.31. The van der Waals surface area contributed by atoms with Crippen LogP contribution in [-0.4, -0.2) is 16.0 Å². The molecule has 1 aromatic heterocycles. The molecule has 0 aliphatic heterocycles. The Bertz CT molecular complexity index is 760. The zero-order chi connectivity index (χ0) is 17.5. The highest BCUT2D eigenvalue weighted by Crippen LogP contribution is 2.49. The van der Waals surface area contributed by atoms with Gasteiger partial charge in [-0.3, -0.25) is 4.79 Å². The van der Waals surface area contributed by atoms with Gasteiger partial charge in [-0.1, -0.05) is 49.7 Å². The lowest BCUT2D eigenvalue weighted by molar-refractivity contribution is -0.124. The van der Waals surface area contributed by atoms with Crippen LogP contribution in [0.4, 0.5) is 0 Å². The third kappa shape index (κ3) is 3.18. The monoisotopic (exact) mass is 347 g/mol. The normalized spacial score (nSPS) is 17.4. The highest BCUT2D eigenvalue weighted by Gasteiger charge is 2.51. The molecule has 1 heterocycles. The van der Waals surface area contributed by atoms with Gasteiger partial charge in [0, 0.05) is 10.4 Å². The lowest BCUT2D eigenvalue weighted by Crippen LogP contribution is -2.36. The van der Waals surface area contributed by atoms with Crippen LogP contribution in [-0.2, 0) is 15.6 Å². The maximum absolute atomic E-state index is 12.8. The third-order valence-electron chi connectivity index (χ3n) is 4.39. The fourth-order valence-electron chi connectivity index (χ4n) is 2.67.